The number of nitrogens with zero attached hydrogens (tertiary/aromatic N) is 1. The maximum atomic E-state index is 13.9. The van der Waals surface area contributed by atoms with Crippen molar-refractivity contribution in [2.75, 3.05) is 0 Å². The molecule has 0 saturated carbocycles. The molecule has 0 fully saturated rings. The van der Waals surface area contributed by atoms with Crippen LogP contribution in [0.5, 0.6) is 0 Å². The number of benzene rings is 1. The Balaban J connectivity index is 2.31. The first-order chi connectivity index (χ1) is 11.7. The summed E-state index contributed by atoms with van der Waals surface area (Å²) in [5.74, 6) is 1.43. The summed E-state index contributed by atoms with van der Waals surface area (Å²) in [7, 11) is 5.37. The molecular formula is C19H17BBrFNO. The molecule has 1 unspecified atom stereocenters. The van der Waals surface area contributed by atoms with Gasteiger partial charge in [-0.3, -0.25) is 0 Å². The molecule has 1 aliphatic rings. The van der Waals surface area contributed by atoms with Crippen molar-refractivity contribution >= 4 is 35.6 Å². The van der Waals surface area contributed by atoms with Gasteiger partial charge in [0.1, 0.15) is 0 Å². The van der Waals surface area contributed by atoms with Crippen LogP contribution >= 0.6 is 15.9 Å². The Morgan fingerprint density at radius 1 is 1.42 bits per heavy atom. The summed E-state index contributed by atoms with van der Waals surface area (Å²) in [6, 6.07) is 9.72. The van der Waals surface area contributed by atoms with E-state index in [1.54, 1.807) is 6.08 Å². The number of hydrogen-bond donors (Lipinski definition) is 0. The van der Waals surface area contributed by atoms with Crippen LogP contribution in [0.15, 0.2) is 83.0 Å². The van der Waals surface area contributed by atoms with Crippen molar-refractivity contribution < 1.29 is 9.13 Å². The molecule has 0 aromatic heterocycles. The van der Waals surface area contributed by atoms with Crippen LogP contribution in [0.2, 0.25) is 0 Å². The fourth-order valence-corrected chi connectivity index (χ4v) is 2.50. The molecule has 0 amide bonds. The van der Waals surface area contributed by atoms with E-state index in [9.17, 15) is 4.39 Å². The third-order valence-corrected chi connectivity index (χ3v) is 4.19. The van der Waals surface area contributed by atoms with Crippen molar-refractivity contribution in [1.82, 2.24) is 0 Å². The standard InChI is InChI=1S/C19H17BBrFNO/c1-2-16(15-8-9-17(21)18(22)12-15)19(23-11-10-20)24-13-14-6-4-3-5-7-14/h2-8,10-12,17H,1,9,13H2/b19-16-,23-11?. The zero-order valence-corrected chi connectivity index (χ0v) is 14.7. The minimum absolute atomic E-state index is 0.233. The van der Waals surface area contributed by atoms with Crippen molar-refractivity contribution in [3.8, 4) is 0 Å². The maximum absolute atomic E-state index is 13.9. The van der Waals surface area contributed by atoms with E-state index < -0.39 is 0 Å². The Hall–Kier alpha value is -2.01. The third-order valence-electron chi connectivity index (χ3n) is 3.38. The van der Waals surface area contributed by atoms with Gasteiger partial charge in [0.15, 0.2) is 0 Å². The van der Waals surface area contributed by atoms with Gasteiger partial charge in [0.25, 0.3) is 0 Å². The van der Waals surface area contributed by atoms with Crippen LogP contribution in [0.1, 0.15) is 12.0 Å². The van der Waals surface area contributed by atoms with Gasteiger partial charge in [0.2, 0.25) is 0 Å². The van der Waals surface area contributed by atoms with Crippen molar-refractivity contribution in [2.24, 2.45) is 4.99 Å². The molecule has 5 heteroatoms. The van der Waals surface area contributed by atoms with E-state index >= 15 is 0 Å². The molecule has 0 spiro atoms. The van der Waals surface area contributed by atoms with Gasteiger partial charge in [-0.1, -0.05) is 0 Å². The molecule has 121 valence electrons. The van der Waals surface area contributed by atoms with E-state index in [0.717, 1.165) is 5.56 Å². The summed E-state index contributed by atoms with van der Waals surface area (Å²) in [5.41, 5.74) is 2.32. The second-order valence-electron chi connectivity index (χ2n) is 5.06. The molecule has 24 heavy (non-hydrogen) atoms. The van der Waals surface area contributed by atoms with Crippen molar-refractivity contribution in [1.29, 1.82) is 0 Å². The van der Waals surface area contributed by atoms with Crippen LogP contribution in [-0.4, -0.2) is 24.5 Å². The number of rotatable bonds is 7. The molecule has 1 radical (unpaired) electrons. The van der Waals surface area contributed by atoms with Crippen LogP contribution in [0.4, 0.5) is 4.39 Å². The zero-order chi connectivity index (χ0) is 17.4. The van der Waals surface area contributed by atoms with Gasteiger partial charge < -0.3 is 0 Å². The molecule has 1 aromatic rings. The van der Waals surface area contributed by atoms with Gasteiger partial charge in [0.05, 0.1) is 0 Å². The summed E-state index contributed by atoms with van der Waals surface area (Å²) in [4.78, 5) is 3.93. The molecule has 2 nitrogen and oxygen atoms in total. The summed E-state index contributed by atoms with van der Waals surface area (Å²) >= 11 is 3.28. The summed E-state index contributed by atoms with van der Waals surface area (Å²) in [5, 5.41) is 0. The van der Waals surface area contributed by atoms with Crippen molar-refractivity contribution in [3.63, 3.8) is 0 Å². The number of allylic oxidation sites excluding steroid dienone is 6. The van der Waals surface area contributed by atoms with Gasteiger partial charge in [-0.15, -0.1) is 0 Å². The Kier molecular flexibility index (Phi) is 7.13. The zero-order valence-electron chi connectivity index (χ0n) is 13.2. The van der Waals surface area contributed by atoms with Gasteiger partial charge in [-0.2, -0.15) is 0 Å². The molecule has 0 heterocycles. The Labute approximate surface area is 151 Å². The number of halogens is 2. The van der Waals surface area contributed by atoms with E-state index in [-0.39, 0.29) is 10.7 Å². The third kappa shape index (κ3) is 5.00. The molecule has 1 aliphatic carbocycles. The predicted molar refractivity (Wildman–Crippen MR) is 103 cm³/mol. The van der Waals surface area contributed by atoms with Crippen LogP contribution in [0, 0.1) is 0 Å². The molecular weight excluding hydrogens is 368 g/mol. The molecule has 0 aliphatic heterocycles. The molecule has 0 bridgehead atoms. The second-order valence-corrected chi connectivity index (χ2v) is 6.17. The normalized spacial score (nSPS) is 18.5. The van der Waals surface area contributed by atoms with E-state index in [0.29, 0.717) is 30.1 Å². The SMILES string of the molecule is [B]=CC=N/C(OCc1ccccc1)=C(\C=C)C1=CCC(Br)C(F)=C1. The molecule has 1 atom stereocenters. The molecule has 2 rings (SSSR count). The van der Waals surface area contributed by atoms with Crippen molar-refractivity contribution in [3.05, 3.63) is 83.6 Å². The Morgan fingerprint density at radius 2 is 2.17 bits per heavy atom. The predicted octanol–water partition coefficient (Wildman–Crippen LogP) is 4.59. The van der Waals surface area contributed by atoms with Crippen LogP contribution < -0.4 is 0 Å². The fraction of sp³-hybridized carbons (Fsp3) is 0.158. The molecule has 1 aromatic carbocycles. The van der Waals surface area contributed by atoms with E-state index in [4.69, 9.17) is 12.2 Å². The van der Waals surface area contributed by atoms with Gasteiger partial charge in [-0.25, -0.2) is 0 Å². The number of hydrogen-bond acceptors (Lipinski definition) is 2. The Morgan fingerprint density at radius 3 is 2.79 bits per heavy atom. The summed E-state index contributed by atoms with van der Waals surface area (Å²) < 4.78 is 19.7. The summed E-state index contributed by atoms with van der Waals surface area (Å²) in [6.07, 6.45) is 6.98. The summed E-state index contributed by atoms with van der Waals surface area (Å²) in [6.45, 7) is 4.15. The monoisotopic (exact) mass is 384 g/mol. The quantitative estimate of drug-likeness (QED) is 0.221. The van der Waals surface area contributed by atoms with Crippen LogP contribution in [0.25, 0.3) is 0 Å². The first-order valence-corrected chi connectivity index (χ1v) is 8.40. The number of alkyl halides is 1. The fourth-order valence-electron chi connectivity index (χ4n) is 2.18. The number of ether oxygens (including phenoxy) is 1. The van der Waals surface area contributed by atoms with Crippen LogP contribution in [-0.2, 0) is 11.3 Å². The van der Waals surface area contributed by atoms with E-state index in [2.05, 4.69) is 27.5 Å². The van der Waals surface area contributed by atoms with Crippen LogP contribution in [0.3, 0.4) is 0 Å². The molecule has 0 N–H and O–H groups in total. The van der Waals surface area contributed by atoms with E-state index in [1.165, 1.54) is 18.3 Å². The van der Waals surface area contributed by atoms with Gasteiger partial charge in [0, 0.05) is 0 Å². The Bertz CT molecular complexity index is 722. The molecule has 0 saturated heterocycles. The van der Waals surface area contributed by atoms with E-state index in [1.807, 2.05) is 36.4 Å². The van der Waals surface area contributed by atoms with Gasteiger partial charge >= 0.3 is 151 Å². The average molecular weight is 385 g/mol. The van der Waals surface area contributed by atoms with Crippen molar-refractivity contribution in [2.45, 2.75) is 17.9 Å². The second kappa shape index (κ2) is 9.33. The first-order valence-electron chi connectivity index (χ1n) is 7.48. The minimum atomic E-state index is -0.290. The topological polar surface area (TPSA) is 21.6 Å². The number of aliphatic imine (C=N–C) groups is 1. The first kappa shape index (κ1) is 18.3. The average Bonchev–Trinajstić information content (AvgIpc) is 2.61. The van der Waals surface area contributed by atoms with Gasteiger partial charge in [-0.05, 0) is 0 Å².